The number of carbonyl (C=O) groups excluding carboxylic acids is 1. The van der Waals surface area contributed by atoms with Gasteiger partial charge in [0, 0.05) is 5.56 Å². The van der Waals surface area contributed by atoms with Crippen molar-refractivity contribution in [3.8, 4) is 11.5 Å². The van der Waals surface area contributed by atoms with Gasteiger partial charge in [0.2, 0.25) is 0 Å². The Kier molecular flexibility index (Phi) is 7.70. The average molecular weight is 467 g/mol. The van der Waals surface area contributed by atoms with Crippen molar-refractivity contribution in [2.24, 2.45) is 0 Å². The number of nitrogens with zero attached hydrogens (tertiary/aromatic N) is 1. The molecular formula is C24H22N2O6S. The van der Waals surface area contributed by atoms with E-state index in [1.54, 1.807) is 37.3 Å². The van der Waals surface area contributed by atoms with Gasteiger partial charge in [-0.2, -0.15) is 8.42 Å². The highest BCUT2D eigenvalue weighted by Gasteiger charge is 2.16. The highest BCUT2D eigenvalue weighted by atomic mass is 32.1. The number of anilines is 1. The van der Waals surface area contributed by atoms with Gasteiger partial charge in [0.1, 0.15) is 28.7 Å². The molecule has 9 heteroatoms. The van der Waals surface area contributed by atoms with Crippen LogP contribution in [0.5, 0.6) is 11.5 Å². The van der Waals surface area contributed by atoms with E-state index in [9.17, 15) is 9.90 Å². The Bertz CT molecular complexity index is 1310. The third-order valence-electron chi connectivity index (χ3n) is 4.67. The molecule has 2 N–H and O–H groups in total. The molecule has 1 atom stereocenters. The zero-order valence-corrected chi connectivity index (χ0v) is 19.0. The van der Waals surface area contributed by atoms with E-state index in [2.05, 4.69) is 10.3 Å². The number of amides is 1. The number of carbonyl (C=O) groups is 1. The molecule has 0 fully saturated rings. The molecular weight excluding hydrogens is 444 g/mol. The molecule has 0 radical (unpaired) electrons. The normalized spacial score (nSPS) is 11.3. The van der Waals surface area contributed by atoms with Gasteiger partial charge in [-0.15, -0.1) is 0 Å². The summed E-state index contributed by atoms with van der Waals surface area (Å²) in [5, 5.41) is 13.3. The molecule has 0 aliphatic rings. The zero-order chi connectivity index (χ0) is 24.0. The Morgan fingerprint density at radius 2 is 1.79 bits per heavy atom. The second-order valence-electron chi connectivity index (χ2n) is 7.30. The third-order valence-corrected chi connectivity index (χ3v) is 4.67. The Balaban J connectivity index is 0.000000968. The summed E-state index contributed by atoms with van der Waals surface area (Å²) >= 11 is -0.750. The molecule has 0 spiro atoms. The van der Waals surface area contributed by atoms with Gasteiger partial charge in [-0.25, -0.2) is 4.98 Å². The van der Waals surface area contributed by atoms with Gasteiger partial charge < -0.3 is 19.6 Å². The minimum atomic E-state index is -0.750. The summed E-state index contributed by atoms with van der Waals surface area (Å²) in [5.41, 5.74) is 2.55. The molecule has 1 unspecified atom stereocenters. The molecule has 2 heterocycles. The molecule has 8 nitrogen and oxygen atoms in total. The summed E-state index contributed by atoms with van der Waals surface area (Å²) in [7, 11) is 0. The number of benzene rings is 2. The summed E-state index contributed by atoms with van der Waals surface area (Å²) in [6, 6.07) is 18.0. The molecule has 0 aliphatic carbocycles. The quantitative estimate of drug-likeness (QED) is 0.431. The van der Waals surface area contributed by atoms with Crippen molar-refractivity contribution in [1.29, 1.82) is 0 Å². The topological polar surface area (TPSA) is 119 Å². The van der Waals surface area contributed by atoms with Gasteiger partial charge in [0.25, 0.3) is 5.91 Å². The van der Waals surface area contributed by atoms with Crippen molar-refractivity contribution in [3.05, 3.63) is 83.2 Å². The first-order chi connectivity index (χ1) is 15.8. The zero-order valence-electron chi connectivity index (χ0n) is 18.2. The minimum Gasteiger partial charge on any atom is -0.461 e. The van der Waals surface area contributed by atoms with Crippen LogP contribution in [0, 0.1) is 13.8 Å². The molecule has 2 aromatic carbocycles. The number of furan rings is 1. The molecule has 4 rings (SSSR count). The van der Waals surface area contributed by atoms with Gasteiger partial charge in [0.05, 0.1) is 17.2 Å². The van der Waals surface area contributed by atoms with Crippen molar-refractivity contribution in [2.75, 3.05) is 5.32 Å². The SMILES string of the molecule is Cc1ccc(Oc2cc(C(=O)Nc3cccc(C(C)O)n3)cc3oc(C)cc23)cc1.O=S=O. The summed E-state index contributed by atoms with van der Waals surface area (Å²) in [4.78, 5) is 17.2. The molecule has 1 amide bonds. The van der Waals surface area contributed by atoms with Gasteiger partial charge in [-0.1, -0.05) is 23.8 Å². The number of rotatable bonds is 5. The molecule has 4 aromatic rings. The first-order valence-electron chi connectivity index (χ1n) is 9.97. The number of hydrogen-bond donors (Lipinski definition) is 2. The second-order valence-corrected chi connectivity index (χ2v) is 7.44. The fraction of sp³-hybridized carbons (Fsp3) is 0.167. The summed E-state index contributed by atoms with van der Waals surface area (Å²) in [6.45, 7) is 5.48. The summed E-state index contributed by atoms with van der Waals surface area (Å²) in [6.07, 6.45) is -0.723. The summed E-state index contributed by atoms with van der Waals surface area (Å²) < 4.78 is 28.4. The number of aryl methyl sites for hydroxylation is 2. The van der Waals surface area contributed by atoms with Crippen molar-refractivity contribution in [2.45, 2.75) is 26.9 Å². The first-order valence-corrected chi connectivity index (χ1v) is 10.6. The maximum absolute atomic E-state index is 12.9. The van der Waals surface area contributed by atoms with Crippen LogP contribution in [0.2, 0.25) is 0 Å². The lowest BCUT2D eigenvalue weighted by molar-refractivity contribution is 0.102. The van der Waals surface area contributed by atoms with E-state index in [1.165, 1.54) is 0 Å². The number of aliphatic hydroxyl groups excluding tert-OH is 1. The van der Waals surface area contributed by atoms with Crippen LogP contribution in [0.15, 0.2) is 65.1 Å². The molecule has 170 valence electrons. The fourth-order valence-corrected chi connectivity index (χ4v) is 3.12. The van der Waals surface area contributed by atoms with Crippen LogP contribution in [0.4, 0.5) is 5.82 Å². The Hall–Kier alpha value is -3.82. The van der Waals surface area contributed by atoms with E-state index in [-0.39, 0.29) is 5.91 Å². The van der Waals surface area contributed by atoms with E-state index < -0.39 is 17.7 Å². The minimum absolute atomic E-state index is 0.352. The molecule has 0 saturated carbocycles. The van der Waals surface area contributed by atoms with Crippen LogP contribution in [-0.2, 0) is 11.6 Å². The number of aromatic nitrogens is 1. The van der Waals surface area contributed by atoms with E-state index in [4.69, 9.17) is 17.6 Å². The van der Waals surface area contributed by atoms with Crippen molar-refractivity contribution < 1.29 is 27.5 Å². The van der Waals surface area contributed by atoms with Gasteiger partial charge in [-0.3, -0.25) is 4.79 Å². The first kappa shape index (κ1) is 23.8. The maximum atomic E-state index is 12.9. The lowest BCUT2D eigenvalue weighted by Gasteiger charge is -2.11. The van der Waals surface area contributed by atoms with Crippen LogP contribution >= 0.6 is 0 Å². The van der Waals surface area contributed by atoms with Crippen molar-refractivity contribution in [3.63, 3.8) is 0 Å². The lowest BCUT2D eigenvalue weighted by Crippen LogP contribution is -2.13. The van der Waals surface area contributed by atoms with E-state index in [1.807, 2.05) is 44.2 Å². The van der Waals surface area contributed by atoms with E-state index >= 15 is 0 Å². The number of hydrogen-bond acceptors (Lipinski definition) is 7. The Morgan fingerprint density at radius 1 is 1.09 bits per heavy atom. The number of fused-ring (bicyclic) bond motifs is 1. The highest BCUT2D eigenvalue weighted by molar-refractivity contribution is 7.51. The van der Waals surface area contributed by atoms with Crippen molar-refractivity contribution in [1.82, 2.24) is 4.98 Å². The molecule has 33 heavy (non-hydrogen) atoms. The maximum Gasteiger partial charge on any atom is 0.335 e. The largest absolute Gasteiger partial charge is 0.461 e. The number of aliphatic hydroxyl groups is 1. The number of ether oxygens (including phenoxy) is 1. The molecule has 0 aliphatic heterocycles. The van der Waals surface area contributed by atoms with Crippen LogP contribution in [-0.4, -0.2) is 24.4 Å². The molecule has 2 aromatic heterocycles. The van der Waals surface area contributed by atoms with Gasteiger partial charge in [0.15, 0.2) is 0 Å². The lowest BCUT2D eigenvalue weighted by atomic mass is 10.1. The standard InChI is InChI=1S/C24H22N2O4.O2S/c1-14-7-9-18(10-8-14)30-22-13-17(12-21-19(22)11-15(2)29-21)24(28)26-23-6-4-5-20(25-23)16(3)27;1-3-2/h4-13,16,27H,1-3H3,(H,25,26,28);. The smallest absolute Gasteiger partial charge is 0.335 e. The number of nitrogens with one attached hydrogen (secondary N) is 1. The fourth-order valence-electron chi connectivity index (χ4n) is 3.12. The third kappa shape index (κ3) is 6.12. The van der Waals surface area contributed by atoms with Crippen LogP contribution in [0.3, 0.4) is 0 Å². The van der Waals surface area contributed by atoms with Crippen molar-refractivity contribution >= 4 is 34.3 Å². The van der Waals surface area contributed by atoms with Crippen LogP contribution < -0.4 is 10.1 Å². The summed E-state index contributed by atoms with van der Waals surface area (Å²) in [5.74, 6) is 1.93. The molecule has 0 bridgehead atoms. The van der Waals surface area contributed by atoms with E-state index in [0.717, 1.165) is 16.7 Å². The predicted octanol–water partition coefficient (Wildman–Crippen LogP) is 4.87. The second kappa shape index (κ2) is 10.7. The van der Waals surface area contributed by atoms with Crippen LogP contribution in [0.1, 0.15) is 40.4 Å². The molecule has 0 saturated heterocycles. The average Bonchev–Trinajstić information content (AvgIpc) is 3.16. The van der Waals surface area contributed by atoms with Gasteiger partial charge in [-0.05, 0) is 63.2 Å². The monoisotopic (exact) mass is 466 g/mol. The Labute approximate surface area is 193 Å². The van der Waals surface area contributed by atoms with E-state index in [0.29, 0.717) is 34.2 Å². The predicted molar refractivity (Wildman–Crippen MR) is 124 cm³/mol. The number of pyridine rings is 1. The van der Waals surface area contributed by atoms with Gasteiger partial charge >= 0.3 is 11.6 Å². The highest BCUT2D eigenvalue weighted by Crippen LogP contribution is 2.34. The Morgan fingerprint density at radius 3 is 2.45 bits per heavy atom. The van der Waals surface area contributed by atoms with Crippen LogP contribution in [0.25, 0.3) is 11.0 Å².